The highest BCUT2D eigenvalue weighted by atomic mass is 79.9. The van der Waals surface area contributed by atoms with Gasteiger partial charge in [-0.05, 0) is 41.9 Å². The molecule has 13 heavy (non-hydrogen) atoms. The molecule has 0 atom stereocenters. The van der Waals surface area contributed by atoms with E-state index in [4.69, 9.17) is 10.8 Å². The third-order valence-corrected chi connectivity index (χ3v) is 2.12. The average molecular weight is 242 g/mol. The van der Waals surface area contributed by atoms with Crippen molar-refractivity contribution < 1.29 is 4.42 Å². The molecule has 0 bridgehead atoms. The molecule has 0 aliphatic carbocycles. The first-order valence-electron chi connectivity index (χ1n) is 4.00. The van der Waals surface area contributed by atoms with Gasteiger partial charge in [0.1, 0.15) is 5.76 Å². The van der Waals surface area contributed by atoms with Crippen molar-refractivity contribution in [2.75, 3.05) is 0 Å². The Labute approximate surface area is 86.8 Å². The number of rotatable bonds is 3. The molecule has 0 aliphatic heterocycles. The molecule has 1 heterocycles. The van der Waals surface area contributed by atoms with Crippen LogP contribution in [0.25, 0.3) is 0 Å². The van der Waals surface area contributed by atoms with Crippen molar-refractivity contribution in [3.05, 3.63) is 22.6 Å². The van der Waals surface area contributed by atoms with E-state index >= 15 is 0 Å². The van der Waals surface area contributed by atoms with Gasteiger partial charge in [0.05, 0.1) is 12.1 Å². The van der Waals surface area contributed by atoms with Gasteiger partial charge in [0, 0.05) is 0 Å². The fourth-order valence-corrected chi connectivity index (χ4v) is 1.15. The quantitative estimate of drug-likeness (QED) is 0.824. The molecule has 1 rings (SSSR count). The molecule has 0 saturated heterocycles. The molecule has 0 aromatic carbocycles. The molecule has 1 aromatic rings. The summed E-state index contributed by atoms with van der Waals surface area (Å²) in [5.41, 5.74) is -0.292. The highest BCUT2D eigenvalue weighted by molar-refractivity contribution is 9.10. The highest BCUT2D eigenvalue weighted by Gasteiger charge is 2.12. The van der Waals surface area contributed by atoms with Gasteiger partial charge < -0.3 is 4.42 Å². The lowest BCUT2D eigenvalue weighted by Crippen LogP contribution is -2.36. The van der Waals surface area contributed by atoms with Crippen molar-refractivity contribution in [1.82, 2.24) is 5.32 Å². The molecular weight excluding hydrogens is 230 g/mol. The first-order valence-corrected chi connectivity index (χ1v) is 4.80. The monoisotopic (exact) mass is 241 g/mol. The number of hydrogen-bond acceptors (Lipinski definition) is 2. The third-order valence-electron chi connectivity index (χ3n) is 1.69. The van der Waals surface area contributed by atoms with Crippen molar-refractivity contribution in [3.8, 4) is 12.3 Å². The fraction of sp³-hybridized carbons (Fsp3) is 0.400. The Balaban J connectivity index is 2.49. The van der Waals surface area contributed by atoms with Gasteiger partial charge in [-0.3, -0.25) is 5.32 Å². The molecule has 1 N–H and O–H groups in total. The zero-order valence-electron chi connectivity index (χ0n) is 7.73. The lowest BCUT2D eigenvalue weighted by atomic mass is 10.1. The van der Waals surface area contributed by atoms with Crippen LogP contribution < -0.4 is 5.32 Å². The largest absolute Gasteiger partial charge is 0.453 e. The van der Waals surface area contributed by atoms with E-state index in [-0.39, 0.29) is 5.54 Å². The lowest BCUT2D eigenvalue weighted by Gasteiger charge is -2.18. The zero-order valence-corrected chi connectivity index (χ0v) is 9.31. The lowest BCUT2D eigenvalue weighted by molar-refractivity contribution is 0.419. The summed E-state index contributed by atoms with van der Waals surface area (Å²) in [6, 6.07) is 3.77. The van der Waals surface area contributed by atoms with Crippen LogP contribution in [0.2, 0.25) is 0 Å². The fourth-order valence-electron chi connectivity index (χ4n) is 0.806. The van der Waals surface area contributed by atoms with Crippen molar-refractivity contribution in [2.24, 2.45) is 0 Å². The maximum Gasteiger partial charge on any atom is 0.169 e. The second-order valence-corrected chi connectivity index (χ2v) is 4.11. The van der Waals surface area contributed by atoms with E-state index in [9.17, 15) is 0 Å². The second-order valence-electron chi connectivity index (χ2n) is 3.33. The summed E-state index contributed by atoms with van der Waals surface area (Å²) in [6.45, 7) is 4.54. The van der Waals surface area contributed by atoms with Crippen LogP contribution in [-0.2, 0) is 6.54 Å². The van der Waals surface area contributed by atoms with Crippen LogP contribution in [0.15, 0.2) is 21.2 Å². The predicted molar refractivity (Wildman–Crippen MR) is 56.2 cm³/mol. The molecule has 2 nitrogen and oxygen atoms in total. The molecule has 0 amide bonds. The van der Waals surface area contributed by atoms with Gasteiger partial charge in [0.15, 0.2) is 4.67 Å². The van der Waals surface area contributed by atoms with E-state index in [1.807, 2.05) is 26.0 Å². The summed E-state index contributed by atoms with van der Waals surface area (Å²) in [4.78, 5) is 0. The van der Waals surface area contributed by atoms with Gasteiger partial charge >= 0.3 is 0 Å². The minimum atomic E-state index is -0.292. The van der Waals surface area contributed by atoms with Gasteiger partial charge in [0.2, 0.25) is 0 Å². The number of hydrogen-bond donors (Lipinski definition) is 1. The molecule has 70 valence electrons. The van der Waals surface area contributed by atoms with Gasteiger partial charge in [-0.25, -0.2) is 0 Å². The van der Waals surface area contributed by atoms with Crippen molar-refractivity contribution in [2.45, 2.75) is 25.9 Å². The molecule has 3 heteroatoms. The van der Waals surface area contributed by atoms with Crippen molar-refractivity contribution in [1.29, 1.82) is 0 Å². The van der Waals surface area contributed by atoms with E-state index in [1.165, 1.54) is 0 Å². The first-order chi connectivity index (χ1) is 6.03. The van der Waals surface area contributed by atoms with E-state index in [1.54, 1.807) is 0 Å². The number of furan rings is 1. The van der Waals surface area contributed by atoms with Crippen molar-refractivity contribution in [3.63, 3.8) is 0 Å². The smallest absolute Gasteiger partial charge is 0.169 e. The summed E-state index contributed by atoms with van der Waals surface area (Å²) in [5, 5.41) is 3.19. The summed E-state index contributed by atoms with van der Waals surface area (Å²) in [7, 11) is 0. The maximum atomic E-state index is 5.32. The average Bonchev–Trinajstić information content (AvgIpc) is 2.48. The Morgan fingerprint density at radius 3 is 2.77 bits per heavy atom. The number of nitrogens with one attached hydrogen (secondary N) is 1. The van der Waals surface area contributed by atoms with Crippen LogP contribution in [0.4, 0.5) is 0 Å². The molecule has 0 fully saturated rings. The Bertz CT molecular complexity index is 322. The van der Waals surface area contributed by atoms with E-state index in [0.717, 1.165) is 10.4 Å². The van der Waals surface area contributed by atoms with Gasteiger partial charge in [0.25, 0.3) is 0 Å². The number of halogens is 1. The standard InChI is InChI=1S/C10H12BrNO/c1-4-10(2,3)12-7-8-5-6-9(11)13-8/h1,5-6,12H,7H2,2-3H3. The summed E-state index contributed by atoms with van der Waals surface area (Å²) in [6.07, 6.45) is 5.32. The minimum absolute atomic E-state index is 0.292. The van der Waals surface area contributed by atoms with E-state index in [0.29, 0.717) is 6.54 Å². The van der Waals surface area contributed by atoms with Crippen LogP contribution in [0, 0.1) is 12.3 Å². The highest BCUT2D eigenvalue weighted by Crippen LogP contribution is 2.14. The van der Waals surface area contributed by atoms with E-state index < -0.39 is 0 Å². The molecule has 0 saturated carbocycles. The molecule has 0 radical (unpaired) electrons. The summed E-state index contributed by atoms with van der Waals surface area (Å²) in [5.74, 6) is 3.52. The molecule has 0 spiro atoms. The SMILES string of the molecule is C#CC(C)(C)NCc1ccc(Br)o1. The topological polar surface area (TPSA) is 25.2 Å². The Hall–Kier alpha value is -0.720. The number of terminal acetylenes is 1. The molecule has 1 aromatic heterocycles. The molecule has 0 aliphatic rings. The zero-order chi connectivity index (χ0) is 9.90. The third kappa shape index (κ3) is 3.25. The van der Waals surface area contributed by atoms with Gasteiger partial charge in [-0.1, -0.05) is 5.92 Å². The van der Waals surface area contributed by atoms with Gasteiger partial charge in [-0.15, -0.1) is 6.42 Å². The molecule has 0 unspecified atom stereocenters. The van der Waals surface area contributed by atoms with Gasteiger partial charge in [-0.2, -0.15) is 0 Å². The molecular formula is C10H12BrNO. The van der Waals surface area contributed by atoms with E-state index in [2.05, 4.69) is 27.2 Å². The van der Waals surface area contributed by atoms with Crippen molar-refractivity contribution >= 4 is 15.9 Å². The Morgan fingerprint density at radius 2 is 2.31 bits per heavy atom. The second kappa shape index (κ2) is 3.99. The Morgan fingerprint density at radius 1 is 1.62 bits per heavy atom. The van der Waals surface area contributed by atoms with Crippen LogP contribution >= 0.6 is 15.9 Å². The van der Waals surface area contributed by atoms with Crippen LogP contribution in [0.5, 0.6) is 0 Å². The first kappa shape index (κ1) is 10.4. The van der Waals surface area contributed by atoms with Crippen LogP contribution in [-0.4, -0.2) is 5.54 Å². The van der Waals surface area contributed by atoms with Crippen LogP contribution in [0.3, 0.4) is 0 Å². The summed E-state index contributed by atoms with van der Waals surface area (Å²) < 4.78 is 6.05. The normalized spacial score (nSPS) is 11.2. The predicted octanol–water partition coefficient (Wildman–Crippen LogP) is 2.54. The summed E-state index contributed by atoms with van der Waals surface area (Å²) >= 11 is 3.23. The Kier molecular flexibility index (Phi) is 3.18. The van der Waals surface area contributed by atoms with Crippen LogP contribution in [0.1, 0.15) is 19.6 Å². The minimum Gasteiger partial charge on any atom is -0.453 e. The maximum absolute atomic E-state index is 5.32.